The number of unbranched alkanes of at least 4 members (excludes halogenated alkanes) is 29. The van der Waals surface area contributed by atoms with Gasteiger partial charge >= 0.3 is 5.97 Å². The summed E-state index contributed by atoms with van der Waals surface area (Å²) in [4.78, 5) is 26.2. The number of Topliss-reactive ketones (excluding diaryl/α,β-unsaturated/α-hetero) is 1. The summed E-state index contributed by atoms with van der Waals surface area (Å²) in [5.41, 5.74) is 6.24. The summed E-state index contributed by atoms with van der Waals surface area (Å²) in [5.74, 6) is 0.307. The molecule has 68 heavy (non-hydrogen) atoms. The first-order valence-corrected chi connectivity index (χ1v) is 29.7. The Morgan fingerprint density at radius 2 is 0.956 bits per heavy atom. The van der Waals surface area contributed by atoms with E-state index in [1.54, 1.807) is 6.92 Å². The van der Waals surface area contributed by atoms with Crippen molar-refractivity contribution >= 4 is 11.8 Å². The van der Waals surface area contributed by atoms with E-state index in [2.05, 4.69) is 59.3 Å². The molecule has 1 heterocycles. The van der Waals surface area contributed by atoms with E-state index in [-0.39, 0.29) is 25.5 Å². The molecule has 0 aromatic carbocycles. The first-order chi connectivity index (χ1) is 32.8. The number of likely N-dealkylation sites (tertiary alicyclic amines) is 1. The minimum absolute atomic E-state index is 0. The Balaban J connectivity index is -0.000000434. The molecular formula is C62H128N2O4. The largest absolute Gasteiger partial charge is 0.462 e. The Labute approximate surface area is 429 Å². The summed E-state index contributed by atoms with van der Waals surface area (Å²) in [7, 11) is 0. The zero-order valence-electron chi connectivity index (χ0n) is 47.2. The average Bonchev–Trinajstić information content (AvgIpc) is 3.69. The van der Waals surface area contributed by atoms with Crippen LogP contribution >= 0.6 is 0 Å². The van der Waals surface area contributed by atoms with Crippen LogP contribution in [0.5, 0.6) is 0 Å². The van der Waals surface area contributed by atoms with Crippen LogP contribution in [-0.2, 0) is 19.1 Å². The number of allylic oxidation sites excluding steroid dienone is 1. The predicted molar refractivity (Wildman–Crippen MR) is 307 cm³/mol. The Kier molecular flexibility index (Phi) is 75.0. The molecule has 1 saturated heterocycles. The highest BCUT2D eigenvalue weighted by atomic mass is 16.5. The number of esters is 1. The molecule has 0 radical (unpaired) electrons. The molecule has 0 aliphatic carbocycles. The topological polar surface area (TPSA) is 81.9 Å². The third kappa shape index (κ3) is 62.5. The second-order valence-corrected chi connectivity index (χ2v) is 19.4. The van der Waals surface area contributed by atoms with Crippen LogP contribution in [0, 0.1) is 0 Å². The summed E-state index contributed by atoms with van der Waals surface area (Å²) in [6.07, 6.45) is 51.6. The van der Waals surface area contributed by atoms with E-state index in [1.807, 2.05) is 19.9 Å². The Morgan fingerprint density at radius 3 is 1.41 bits per heavy atom. The minimum atomic E-state index is 0. The van der Waals surface area contributed by atoms with Gasteiger partial charge in [0.05, 0.1) is 6.61 Å². The molecule has 1 fully saturated rings. The van der Waals surface area contributed by atoms with E-state index in [0.717, 1.165) is 96.9 Å². The highest BCUT2D eigenvalue weighted by Crippen LogP contribution is 2.20. The first kappa shape index (κ1) is 75.4. The van der Waals surface area contributed by atoms with Crippen LogP contribution in [0.1, 0.15) is 320 Å². The molecule has 0 bridgehead atoms. The number of carbonyl (C=O) groups is 2. The molecule has 1 aliphatic rings. The lowest BCUT2D eigenvalue weighted by molar-refractivity contribution is -0.150. The van der Waals surface area contributed by atoms with Crippen LogP contribution in [0.4, 0.5) is 0 Å². The van der Waals surface area contributed by atoms with Crippen LogP contribution in [0.3, 0.4) is 0 Å². The number of nitrogens with two attached hydrogens (primary N) is 1. The van der Waals surface area contributed by atoms with E-state index in [9.17, 15) is 9.59 Å². The summed E-state index contributed by atoms with van der Waals surface area (Å²) in [5, 5.41) is 0. The van der Waals surface area contributed by atoms with Gasteiger partial charge < -0.3 is 20.0 Å². The third-order valence-electron chi connectivity index (χ3n) is 12.8. The van der Waals surface area contributed by atoms with Gasteiger partial charge in [0, 0.05) is 38.1 Å². The number of hydrogen-bond acceptors (Lipinski definition) is 6. The maximum atomic E-state index is 12.6. The van der Waals surface area contributed by atoms with E-state index < -0.39 is 0 Å². The van der Waals surface area contributed by atoms with E-state index in [0.29, 0.717) is 24.7 Å². The molecule has 0 spiro atoms. The highest BCUT2D eigenvalue weighted by Gasteiger charge is 2.29. The maximum absolute atomic E-state index is 12.6. The van der Waals surface area contributed by atoms with Crippen molar-refractivity contribution < 1.29 is 19.1 Å². The minimum Gasteiger partial charge on any atom is -0.462 e. The van der Waals surface area contributed by atoms with Crippen LogP contribution in [0.15, 0.2) is 25.8 Å². The SMILES string of the molecule is C.C=C.C=CCCCCCCCCCCC.CC.CCCCCCC.CCCCCCCCC(CCCCCCCC)OC(=O)CCCCCCCOC[C@@H]1CC(N)CN1CCCCCC(C)=O. The Bertz CT molecular complexity index is 924. The van der Waals surface area contributed by atoms with Gasteiger partial charge in [0.15, 0.2) is 0 Å². The number of hydrogen-bond donors (Lipinski definition) is 1. The fraction of sp³-hybridized carbons (Fsp3) is 0.903. The lowest BCUT2D eigenvalue weighted by Gasteiger charge is -2.24. The van der Waals surface area contributed by atoms with Crippen LogP contribution in [0.2, 0.25) is 0 Å². The van der Waals surface area contributed by atoms with E-state index in [4.69, 9.17) is 15.2 Å². The van der Waals surface area contributed by atoms with Gasteiger partial charge in [0.1, 0.15) is 11.9 Å². The fourth-order valence-corrected chi connectivity index (χ4v) is 8.65. The smallest absolute Gasteiger partial charge is 0.306 e. The number of nitrogens with zero attached hydrogens (tertiary/aromatic N) is 1. The lowest BCUT2D eigenvalue weighted by atomic mass is 10.0. The van der Waals surface area contributed by atoms with E-state index in [1.165, 1.54) is 173 Å². The number of carbonyl (C=O) groups excluding carboxylic acids is 2. The zero-order valence-corrected chi connectivity index (χ0v) is 47.2. The highest BCUT2D eigenvalue weighted by molar-refractivity contribution is 5.75. The van der Waals surface area contributed by atoms with Crippen molar-refractivity contribution in [2.24, 2.45) is 5.73 Å². The molecule has 0 aromatic heterocycles. The summed E-state index contributed by atoms with van der Waals surface area (Å²) >= 11 is 0. The van der Waals surface area contributed by atoms with Crippen molar-refractivity contribution in [2.45, 2.75) is 338 Å². The molecule has 6 nitrogen and oxygen atoms in total. The Morgan fingerprint density at radius 1 is 0.574 bits per heavy atom. The molecular weight excluding hydrogens is 837 g/mol. The van der Waals surface area contributed by atoms with Gasteiger partial charge in [-0.25, -0.2) is 0 Å². The van der Waals surface area contributed by atoms with Crippen LogP contribution < -0.4 is 5.73 Å². The predicted octanol–water partition coefficient (Wildman–Crippen LogP) is 19.8. The van der Waals surface area contributed by atoms with Crippen LogP contribution in [0.25, 0.3) is 0 Å². The van der Waals surface area contributed by atoms with Crippen molar-refractivity contribution in [1.82, 2.24) is 4.90 Å². The number of rotatable bonds is 45. The third-order valence-corrected chi connectivity index (χ3v) is 12.8. The van der Waals surface area contributed by atoms with Crippen molar-refractivity contribution in [1.29, 1.82) is 0 Å². The van der Waals surface area contributed by atoms with E-state index >= 15 is 0 Å². The normalized spacial score (nSPS) is 14.0. The monoisotopic (exact) mass is 965 g/mol. The second kappa shape index (κ2) is 67.6. The van der Waals surface area contributed by atoms with Gasteiger partial charge in [-0.15, -0.1) is 19.7 Å². The van der Waals surface area contributed by atoms with Crippen LogP contribution in [-0.4, -0.2) is 61.1 Å². The molecule has 0 aromatic rings. The summed E-state index contributed by atoms with van der Waals surface area (Å²) in [6.45, 7) is 30.3. The molecule has 410 valence electrons. The average molecular weight is 966 g/mol. The molecule has 1 unspecified atom stereocenters. The number of ether oxygens (including phenoxy) is 2. The Hall–Kier alpha value is -1.50. The van der Waals surface area contributed by atoms with Gasteiger partial charge in [-0.1, -0.05) is 235 Å². The first-order valence-electron chi connectivity index (χ1n) is 29.7. The lowest BCUT2D eigenvalue weighted by Crippen LogP contribution is -2.34. The van der Waals surface area contributed by atoms with Crippen molar-refractivity contribution in [2.75, 3.05) is 26.3 Å². The van der Waals surface area contributed by atoms with Gasteiger partial charge in [0.25, 0.3) is 0 Å². The molecule has 6 heteroatoms. The molecule has 0 saturated carbocycles. The number of ketones is 1. The van der Waals surface area contributed by atoms with Gasteiger partial charge in [-0.05, 0) is 84.1 Å². The standard InChI is InChI=1S/C37H72N2O4.C13H26.C7H16.C2H6.C2H4.CH4/c1-4-6-8-10-13-19-25-36(26-20-14-11-9-7-5-2)43-37(41)27-21-15-12-16-23-29-42-32-35-30-34(38)31-39(35)28-22-17-18-24-33(3)40;1-3-5-7-9-11-13-12-10-8-6-4-2;1-3-5-7-6-4-2;2*1-2;/h34-36H,4-32,38H2,1-3H3;3H,1,4-13H2,2H3;3-7H2,1-2H3;1-2H3;1-2H2;1H4/t34?,35-;;;;;/m0...../s1. The fourth-order valence-electron chi connectivity index (χ4n) is 8.65. The summed E-state index contributed by atoms with van der Waals surface area (Å²) < 4.78 is 12.0. The zero-order chi connectivity index (χ0) is 50.7. The van der Waals surface area contributed by atoms with Crippen molar-refractivity contribution in [3.05, 3.63) is 25.8 Å². The van der Waals surface area contributed by atoms with Crippen molar-refractivity contribution in [3.63, 3.8) is 0 Å². The molecule has 1 aliphatic heterocycles. The second-order valence-electron chi connectivity index (χ2n) is 19.4. The van der Waals surface area contributed by atoms with Crippen molar-refractivity contribution in [3.8, 4) is 0 Å². The van der Waals surface area contributed by atoms with Gasteiger partial charge in [-0.2, -0.15) is 0 Å². The van der Waals surface area contributed by atoms with Gasteiger partial charge in [0.2, 0.25) is 0 Å². The quantitative estimate of drug-likeness (QED) is 0.0372. The molecule has 1 rings (SSSR count). The molecule has 2 N–H and O–H groups in total. The molecule has 0 amide bonds. The maximum Gasteiger partial charge on any atom is 0.306 e. The van der Waals surface area contributed by atoms with Gasteiger partial charge in [-0.3, -0.25) is 9.69 Å². The molecule has 2 atom stereocenters. The summed E-state index contributed by atoms with van der Waals surface area (Å²) in [6, 6.07) is 0.679.